The van der Waals surface area contributed by atoms with Gasteiger partial charge in [-0.1, -0.05) is 32.4 Å². The smallest absolute Gasteiger partial charge is 0.0459 e. The fourth-order valence-electron chi connectivity index (χ4n) is 5.06. The molecule has 4 rings (SSSR count). The van der Waals surface area contributed by atoms with Crippen molar-refractivity contribution in [3.63, 3.8) is 0 Å². The number of piperidine rings is 1. The molecule has 1 aliphatic carbocycles. The third-order valence-corrected chi connectivity index (χ3v) is 5.87. The molecular formula is C20H28N2. The lowest BCUT2D eigenvalue weighted by Gasteiger charge is -2.47. The Morgan fingerprint density at radius 3 is 2.95 bits per heavy atom. The lowest BCUT2D eigenvalue weighted by atomic mass is 9.71. The molecule has 0 saturated carbocycles. The molecule has 0 bridgehead atoms. The van der Waals surface area contributed by atoms with Crippen molar-refractivity contribution in [2.24, 2.45) is 5.92 Å². The van der Waals surface area contributed by atoms with Crippen molar-refractivity contribution in [1.82, 2.24) is 9.88 Å². The van der Waals surface area contributed by atoms with E-state index in [0.29, 0.717) is 0 Å². The molecule has 0 spiro atoms. The molecular weight excluding hydrogens is 268 g/mol. The average molecular weight is 296 g/mol. The molecule has 0 unspecified atom stereocenters. The molecule has 2 aliphatic rings. The van der Waals surface area contributed by atoms with E-state index in [4.69, 9.17) is 0 Å². The van der Waals surface area contributed by atoms with E-state index in [9.17, 15) is 0 Å². The molecule has 2 nitrogen and oxygen atoms in total. The van der Waals surface area contributed by atoms with E-state index in [-0.39, 0.29) is 0 Å². The van der Waals surface area contributed by atoms with Crippen molar-refractivity contribution in [2.75, 3.05) is 13.1 Å². The summed E-state index contributed by atoms with van der Waals surface area (Å²) in [5, 5.41) is 1.54. The van der Waals surface area contributed by atoms with Crippen molar-refractivity contribution in [3.05, 3.63) is 35.5 Å². The highest BCUT2D eigenvalue weighted by atomic mass is 15.2. The maximum atomic E-state index is 3.49. The molecule has 118 valence electrons. The van der Waals surface area contributed by atoms with Crippen LogP contribution in [0.15, 0.2) is 24.4 Å². The summed E-state index contributed by atoms with van der Waals surface area (Å²) in [4.78, 5) is 6.30. The summed E-state index contributed by atoms with van der Waals surface area (Å²) in [5.41, 5.74) is 4.50. The van der Waals surface area contributed by atoms with Gasteiger partial charge in [-0.25, -0.2) is 0 Å². The SMILES string of the molecule is CCC[C@@H]1C[C@@H]2c3cccc4[nH]cc(c34)C[C@H]2N(CCC)C1. The van der Waals surface area contributed by atoms with Crippen LogP contribution in [0.5, 0.6) is 0 Å². The van der Waals surface area contributed by atoms with Crippen LogP contribution in [-0.4, -0.2) is 29.0 Å². The van der Waals surface area contributed by atoms with Crippen molar-refractivity contribution in [2.45, 2.75) is 57.9 Å². The van der Waals surface area contributed by atoms with Crippen LogP contribution in [0.25, 0.3) is 10.9 Å². The molecule has 1 aromatic heterocycles. The minimum Gasteiger partial charge on any atom is -0.361 e. The average Bonchev–Trinajstić information content (AvgIpc) is 2.94. The van der Waals surface area contributed by atoms with E-state index in [1.807, 2.05) is 0 Å². The molecule has 0 radical (unpaired) electrons. The number of likely N-dealkylation sites (tertiary alicyclic amines) is 1. The molecule has 1 N–H and O–H groups in total. The first-order valence-electron chi connectivity index (χ1n) is 9.14. The second kappa shape index (κ2) is 5.73. The number of hydrogen-bond donors (Lipinski definition) is 1. The topological polar surface area (TPSA) is 19.0 Å². The molecule has 1 aromatic carbocycles. The zero-order chi connectivity index (χ0) is 15.1. The summed E-state index contributed by atoms with van der Waals surface area (Å²) >= 11 is 0. The largest absolute Gasteiger partial charge is 0.361 e. The number of fused-ring (bicyclic) bond motifs is 2. The molecule has 0 amide bonds. The summed E-state index contributed by atoms with van der Waals surface area (Å²) in [6, 6.07) is 7.60. The van der Waals surface area contributed by atoms with Crippen molar-refractivity contribution in [1.29, 1.82) is 0 Å². The minimum absolute atomic E-state index is 0.724. The molecule has 1 aliphatic heterocycles. The van der Waals surface area contributed by atoms with Gasteiger partial charge in [-0.3, -0.25) is 4.90 Å². The number of aromatic amines is 1. The first-order valence-corrected chi connectivity index (χ1v) is 9.14. The number of nitrogens with zero attached hydrogens (tertiary/aromatic N) is 1. The summed E-state index contributed by atoms with van der Waals surface area (Å²) in [7, 11) is 0. The van der Waals surface area contributed by atoms with Gasteiger partial charge in [-0.2, -0.15) is 0 Å². The van der Waals surface area contributed by atoms with Gasteiger partial charge in [0.2, 0.25) is 0 Å². The number of benzene rings is 1. The summed E-state index contributed by atoms with van der Waals surface area (Å²) < 4.78 is 0. The van der Waals surface area contributed by atoms with Crippen LogP contribution in [0.1, 0.15) is 56.6 Å². The van der Waals surface area contributed by atoms with E-state index in [1.54, 1.807) is 11.1 Å². The Kier molecular flexibility index (Phi) is 3.73. The standard InChI is InChI=1S/C20H28N2/c1-3-6-14-10-17-16-7-5-8-18-20(16)15(12-21-18)11-19(17)22(13-14)9-4-2/h5,7-8,12,14,17,19,21H,3-4,6,9-11,13H2,1-2H3/t14-,17-,19-/m1/s1. The molecule has 22 heavy (non-hydrogen) atoms. The van der Waals surface area contributed by atoms with E-state index in [0.717, 1.165) is 17.9 Å². The zero-order valence-electron chi connectivity index (χ0n) is 13.9. The highest BCUT2D eigenvalue weighted by Crippen LogP contribution is 2.45. The maximum absolute atomic E-state index is 3.49. The van der Waals surface area contributed by atoms with Crippen molar-refractivity contribution < 1.29 is 0 Å². The lowest BCUT2D eigenvalue weighted by molar-refractivity contribution is 0.0809. The fourth-order valence-corrected chi connectivity index (χ4v) is 5.06. The van der Waals surface area contributed by atoms with E-state index >= 15 is 0 Å². The molecule has 3 atom stereocenters. The molecule has 1 fully saturated rings. The molecule has 2 heterocycles. The van der Waals surface area contributed by atoms with Gasteiger partial charge in [0.15, 0.2) is 0 Å². The van der Waals surface area contributed by atoms with Crippen LogP contribution in [0, 0.1) is 5.92 Å². The van der Waals surface area contributed by atoms with Crippen molar-refractivity contribution in [3.8, 4) is 0 Å². The van der Waals surface area contributed by atoms with Crippen LogP contribution in [0.4, 0.5) is 0 Å². The van der Waals surface area contributed by atoms with Gasteiger partial charge in [-0.15, -0.1) is 0 Å². The van der Waals surface area contributed by atoms with Gasteiger partial charge in [0.25, 0.3) is 0 Å². The Hall–Kier alpha value is -1.28. The van der Waals surface area contributed by atoms with Gasteiger partial charge >= 0.3 is 0 Å². The van der Waals surface area contributed by atoms with E-state index in [2.05, 4.69) is 48.1 Å². The van der Waals surface area contributed by atoms with Gasteiger partial charge < -0.3 is 4.98 Å². The normalized spacial score (nSPS) is 28.0. The fraction of sp³-hybridized carbons (Fsp3) is 0.600. The predicted octanol–water partition coefficient (Wildman–Crippen LogP) is 4.71. The molecule has 2 heteroatoms. The predicted molar refractivity (Wildman–Crippen MR) is 93.4 cm³/mol. The second-order valence-corrected chi connectivity index (χ2v) is 7.35. The van der Waals surface area contributed by atoms with Crippen molar-refractivity contribution >= 4 is 10.9 Å². The Bertz CT molecular complexity index is 657. The van der Waals surface area contributed by atoms with Crippen LogP contribution >= 0.6 is 0 Å². The second-order valence-electron chi connectivity index (χ2n) is 7.35. The number of nitrogens with one attached hydrogen (secondary N) is 1. The van der Waals surface area contributed by atoms with Crippen LogP contribution in [0.3, 0.4) is 0 Å². The Balaban J connectivity index is 1.75. The Morgan fingerprint density at radius 2 is 2.14 bits per heavy atom. The van der Waals surface area contributed by atoms with Gasteiger partial charge in [0.1, 0.15) is 0 Å². The Morgan fingerprint density at radius 1 is 1.23 bits per heavy atom. The van der Waals surface area contributed by atoms with Crippen LogP contribution in [-0.2, 0) is 6.42 Å². The first kappa shape index (κ1) is 14.3. The first-order chi connectivity index (χ1) is 10.8. The molecule has 1 saturated heterocycles. The van der Waals surface area contributed by atoms with E-state index in [1.165, 1.54) is 56.1 Å². The Labute approximate surface area is 133 Å². The van der Waals surface area contributed by atoms with Gasteiger partial charge in [0.05, 0.1) is 0 Å². The minimum atomic E-state index is 0.724. The summed E-state index contributed by atoms with van der Waals surface area (Å²) in [6.45, 7) is 7.24. The number of H-pyrrole nitrogens is 1. The highest BCUT2D eigenvalue weighted by Gasteiger charge is 2.39. The van der Waals surface area contributed by atoms with E-state index < -0.39 is 0 Å². The monoisotopic (exact) mass is 296 g/mol. The maximum Gasteiger partial charge on any atom is 0.0459 e. The van der Waals surface area contributed by atoms with Crippen LogP contribution < -0.4 is 0 Å². The number of rotatable bonds is 4. The zero-order valence-corrected chi connectivity index (χ0v) is 13.9. The lowest BCUT2D eigenvalue weighted by Crippen LogP contribution is -2.50. The van der Waals surface area contributed by atoms with Gasteiger partial charge in [0, 0.05) is 35.6 Å². The number of aromatic nitrogens is 1. The third kappa shape index (κ3) is 2.20. The highest BCUT2D eigenvalue weighted by molar-refractivity contribution is 5.88. The van der Waals surface area contributed by atoms with Crippen LogP contribution in [0.2, 0.25) is 0 Å². The quantitative estimate of drug-likeness (QED) is 0.866. The summed E-state index contributed by atoms with van der Waals surface area (Å²) in [5.74, 6) is 1.62. The summed E-state index contributed by atoms with van der Waals surface area (Å²) in [6.07, 6.45) is 8.86. The number of hydrogen-bond acceptors (Lipinski definition) is 1. The molecule has 2 aromatic rings. The van der Waals surface area contributed by atoms with Gasteiger partial charge in [-0.05, 0) is 55.3 Å². The third-order valence-electron chi connectivity index (χ3n) is 5.87.